The Morgan fingerprint density at radius 3 is 2.65 bits per heavy atom. The van der Waals surface area contributed by atoms with Crippen LogP contribution in [0, 0.1) is 5.92 Å². The molecule has 1 heterocycles. The highest BCUT2D eigenvalue weighted by Crippen LogP contribution is 2.23. The Morgan fingerprint density at radius 1 is 1.35 bits per heavy atom. The van der Waals surface area contributed by atoms with E-state index >= 15 is 0 Å². The lowest BCUT2D eigenvalue weighted by molar-refractivity contribution is -0.128. The van der Waals surface area contributed by atoms with Crippen LogP contribution in [0.4, 0.5) is 4.79 Å². The summed E-state index contributed by atoms with van der Waals surface area (Å²) in [7, 11) is 0. The summed E-state index contributed by atoms with van der Waals surface area (Å²) in [5.74, 6) is 0.412. The number of halogens is 1. The average Bonchev–Trinajstić information content (AvgIpc) is 2.68. The third-order valence-electron chi connectivity index (χ3n) is 3.13. The molecule has 1 aliphatic heterocycles. The molecule has 20 heavy (non-hydrogen) atoms. The van der Waals surface area contributed by atoms with Gasteiger partial charge in [-0.15, -0.1) is 0 Å². The molecule has 0 radical (unpaired) electrons. The highest BCUT2D eigenvalue weighted by atomic mass is 35.5. The van der Waals surface area contributed by atoms with Crippen molar-refractivity contribution >= 4 is 23.5 Å². The van der Waals surface area contributed by atoms with Gasteiger partial charge in [0.25, 0.3) is 5.91 Å². The van der Waals surface area contributed by atoms with E-state index in [2.05, 4.69) is 5.32 Å². The van der Waals surface area contributed by atoms with Gasteiger partial charge in [-0.3, -0.25) is 9.69 Å². The third kappa shape index (κ3) is 3.04. The number of imide groups is 1. The molecule has 6 heteroatoms. The Labute approximate surface area is 122 Å². The Morgan fingerprint density at radius 2 is 2.05 bits per heavy atom. The van der Waals surface area contributed by atoms with Crippen molar-refractivity contribution in [2.45, 2.75) is 19.9 Å². The van der Waals surface area contributed by atoms with Crippen LogP contribution in [-0.2, 0) is 4.79 Å². The van der Waals surface area contributed by atoms with E-state index in [-0.39, 0.29) is 31.0 Å². The first kappa shape index (κ1) is 14.7. The molecule has 1 fully saturated rings. The van der Waals surface area contributed by atoms with Crippen LogP contribution in [0.1, 0.15) is 13.8 Å². The van der Waals surface area contributed by atoms with E-state index in [1.54, 1.807) is 18.2 Å². The summed E-state index contributed by atoms with van der Waals surface area (Å²) in [5.41, 5.74) is 0. The maximum Gasteiger partial charge on any atom is 0.324 e. The SMILES string of the molecule is CC(C)[C@@H]1NC(=O)N(CCOc2ccccc2Cl)C1=O. The third-order valence-corrected chi connectivity index (χ3v) is 3.44. The number of carbonyl (C=O) groups excluding carboxylic acids is 2. The highest BCUT2D eigenvalue weighted by Gasteiger charge is 2.39. The molecule has 0 bridgehead atoms. The van der Waals surface area contributed by atoms with E-state index in [0.29, 0.717) is 10.8 Å². The summed E-state index contributed by atoms with van der Waals surface area (Å²) in [6, 6.07) is 6.27. The second-order valence-corrected chi connectivity index (χ2v) is 5.35. The Hall–Kier alpha value is -1.75. The Bertz CT molecular complexity index is 519. The smallest absolute Gasteiger partial charge is 0.324 e. The van der Waals surface area contributed by atoms with Crippen LogP contribution in [0.25, 0.3) is 0 Å². The predicted molar refractivity (Wildman–Crippen MR) is 75.8 cm³/mol. The number of hydrogen-bond acceptors (Lipinski definition) is 3. The van der Waals surface area contributed by atoms with Crippen molar-refractivity contribution in [2.75, 3.05) is 13.2 Å². The van der Waals surface area contributed by atoms with Crippen molar-refractivity contribution < 1.29 is 14.3 Å². The molecule has 5 nitrogen and oxygen atoms in total. The second kappa shape index (κ2) is 6.13. The molecule has 1 aliphatic rings. The lowest BCUT2D eigenvalue weighted by Crippen LogP contribution is -2.36. The number of benzene rings is 1. The van der Waals surface area contributed by atoms with E-state index < -0.39 is 6.04 Å². The fraction of sp³-hybridized carbons (Fsp3) is 0.429. The molecule has 0 aromatic heterocycles. The zero-order chi connectivity index (χ0) is 14.7. The van der Waals surface area contributed by atoms with Crippen LogP contribution >= 0.6 is 11.6 Å². The van der Waals surface area contributed by atoms with Gasteiger partial charge in [-0.1, -0.05) is 37.6 Å². The molecule has 1 aromatic carbocycles. The van der Waals surface area contributed by atoms with Gasteiger partial charge in [-0.2, -0.15) is 0 Å². The van der Waals surface area contributed by atoms with Crippen molar-refractivity contribution in [3.8, 4) is 5.75 Å². The van der Waals surface area contributed by atoms with Crippen LogP contribution in [0.3, 0.4) is 0 Å². The fourth-order valence-electron chi connectivity index (χ4n) is 2.01. The largest absolute Gasteiger partial charge is 0.490 e. The first-order chi connectivity index (χ1) is 9.50. The average molecular weight is 297 g/mol. The molecule has 2 rings (SSSR count). The molecule has 3 amide bonds. The minimum absolute atomic E-state index is 0.0703. The van der Waals surface area contributed by atoms with E-state index in [0.717, 1.165) is 0 Å². The summed E-state index contributed by atoms with van der Waals surface area (Å²) in [4.78, 5) is 24.9. The van der Waals surface area contributed by atoms with Crippen molar-refractivity contribution in [2.24, 2.45) is 5.92 Å². The molecule has 1 saturated heterocycles. The zero-order valence-corrected chi connectivity index (χ0v) is 12.2. The molecule has 1 atom stereocenters. The fourth-order valence-corrected chi connectivity index (χ4v) is 2.20. The summed E-state index contributed by atoms with van der Waals surface area (Å²) < 4.78 is 5.49. The topological polar surface area (TPSA) is 58.6 Å². The summed E-state index contributed by atoms with van der Waals surface area (Å²) in [6.45, 7) is 4.21. The van der Waals surface area contributed by atoms with E-state index in [9.17, 15) is 9.59 Å². The van der Waals surface area contributed by atoms with E-state index in [4.69, 9.17) is 16.3 Å². The zero-order valence-electron chi connectivity index (χ0n) is 11.4. The maximum absolute atomic E-state index is 12.0. The lowest BCUT2D eigenvalue weighted by atomic mass is 10.1. The number of hydrogen-bond donors (Lipinski definition) is 1. The number of carbonyl (C=O) groups is 2. The highest BCUT2D eigenvalue weighted by molar-refractivity contribution is 6.32. The van der Waals surface area contributed by atoms with Crippen molar-refractivity contribution in [1.82, 2.24) is 10.2 Å². The van der Waals surface area contributed by atoms with Gasteiger partial charge >= 0.3 is 6.03 Å². The van der Waals surface area contributed by atoms with Crippen molar-refractivity contribution in [1.29, 1.82) is 0 Å². The molecule has 108 valence electrons. The summed E-state index contributed by atoms with van der Waals surface area (Å²) >= 11 is 5.96. The van der Waals surface area contributed by atoms with Gasteiger partial charge in [0.15, 0.2) is 0 Å². The number of ether oxygens (including phenoxy) is 1. The minimum Gasteiger partial charge on any atom is -0.490 e. The van der Waals surface area contributed by atoms with Gasteiger partial charge in [0, 0.05) is 0 Å². The summed E-state index contributed by atoms with van der Waals surface area (Å²) in [6.07, 6.45) is 0. The molecule has 0 saturated carbocycles. The second-order valence-electron chi connectivity index (χ2n) is 4.94. The first-order valence-corrected chi connectivity index (χ1v) is 6.87. The van der Waals surface area contributed by atoms with Crippen molar-refractivity contribution in [3.05, 3.63) is 29.3 Å². The molecule has 0 spiro atoms. The molecular weight excluding hydrogens is 280 g/mol. The minimum atomic E-state index is -0.442. The lowest BCUT2D eigenvalue weighted by Gasteiger charge is -2.15. The van der Waals surface area contributed by atoms with Crippen LogP contribution in [-0.4, -0.2) is 36.0 Å². The molecular formula is C14H17ClN2O3. The number of nitrogens with one attached hydrogen (secondary N) is 1. The molecule has 1 aromatic rings. The standard InChI is InChI=1S/C14H17ClN2O3/c1-9(2)12-13(18)17(14(19)16-12)7-8-20-11-6-4-3-5-10(11)15/h3-6,9,12H,7-8H2,1-2H3,(H,16,19)/t12-/m0/s1. The molecule has 0 aliphatic carbocycles. The van der Waals surface area contributed by atoms with E-state index in [1.807, 2.05) is 19.9 Å². The predicted octanol–water partition coefficient (Wildman–Crippen LogP) is 2.30. The number of urea groups is 1. The van der Waals surface area contributed by atoms with Crippen molar-refractivity contribution in [3.63, 3.8) is 0 Å². The van der Waals surface area contributed by atoms with Gasteiger partial charge in [0.2, 0.25) is 0 Å². The number of para-hydroxylation sites is 1. The van der Waals surface area contributed by atoms with E-state index in [1.165, 1.54) is 4.90 Å². The Balaban J connectivity index is 1.90. The van der Waals surface area contributed by atoms with Gasteiger partial charge in [0.05, 0.1) is 11.6 Å². The van der Waals surface area contributed by atoms with Crippen LogP contribution in [0.2, 0.25) is 5.02 Å². The monoisotopic (exact) mass is 296 g/mol. The maximum atomic E-state index is 12.0. The van der Waals surface area contributed by atoms with Crippen LogP contribution < -0.4 is 10.1 Å². The quantitative estimate of drug-likeness (QED) is 0.848. The number of nitrogens with zero attached hydrogens (tertiary/aromatic N) is 1. The molecule has 0 unspecified atom stereocenters. The van der Waals surface area contributed by atoms with Gasteiger partial charge in [-0.25, -0.2) is 4.79 Å². The Kier molecular flexibility index (Phi) is 4.49. The molecule has 1 N–H and O–H groups in total. The first-order valence-electron chi connectivity index (χ1n) is 6.50. The van der Waals surface area contributed by atoms with Gasteiger partial charge < -0.3 is 10.1 Å². The number of rotatable bonds is 5. The van der Waals surface area contributed by atoms with Crippen LogP contribution in [0.5, 0.6) is 5.75 Å². The number of amides is 3. The van der Waals surface area contributed by atoms with Gasteiger partial charge in [0.1, 0.15) is 18.4 Å². The van der Waals surface area contributed by atoms with Crippen LogP contribution in [0.15, 0.2) is 24.3 Å². The normalized spacial score (nSPS) is 18.6. The van der Waals surface area contributed by atoms with Gasteiger partial charge in [-0.05, 0) is 18.1 Å². The summed E-state index contributed by atoms with van der Waals surface area (Å²) in [5, 5.41) is 3.17.